The first-order valence-electron chi connectivity index (χ1n) is 6.99. The Morgan fingerprint density at radius 3 is 2.71 bits per heavy atom. The van der Waals surface area contributed by atoms with E-state index in [4.69, 9.17) is 0 Å². The number of aromatic nitrogens is 3. The van der Waals surface area contributed by atoms with Crippen LogP contribution >= 0.6 is 0 Å². The molecule has 1 heterocycles. The van der Waals surface area contributed by atoms with Gasteiger partial charge < -0.3 is 0 Å². The van der Waals surface area contributed by atoms with Crippen LogP contribution in [0.25, 0.3) is 0 Å². The first-order chi connectivity index (χ1) is 10.3. The van der Waals surface area contributed by atoms with Crippen LogP contribution in [0.3, 0.4) is 0 Å². The molecule has 0 N–H and O–H groups in total. The van der Waals surface area contributed by atoms with E-state index >= 15 is 0 Å². The first kappa shape index (κ1) is 14.7. The predicted molar refractivity (Wildman–Crippen MR) is 78.0 cm³/mol. The molecule has 2 aromatic rings. The lowest BCUT2D eigenvalue weighted by Crippen LogP contribution is -2.31. The van der Waals surface area contributed by atoms with Crippen LogP contribution in [0.2, 0.25) is 0 Å². The van der Waals surface area contributed by atoms with Crippen molar-refractivity contribution in [3.8, 4) is 12.1 Å². The Bertz CT molecular complexity index is 663. The Hall–Kier alpha value is -2.66. The quantitative estimate of drug-likeness (QED) is 0.814. The molecule has 0 saturated carbocycles. The topological polar surface area (TPSA) is 78.3 Å². The number of nitrogens with zero attached hydrogens (tertiary/aromatic N) is 5. The monoisotopic (exact) mass is 279 g/mol. The average molecular weight is 279 g/mol. The number of hydrogen-bond donors (Lipinski definition) is 0. The summed E-state index contributed by atoms with van der Waals surface area (Å²) in [6.07, 6.45) is 5.67. The lowest BCUT2D eigenvalue weighted by Gasteiger charge is -2.27. The van der Waals surface area contributed by atoms with Gasteiger partial charge in [-0.2, -0.15) is 15.6 Å². The van der Waals surface area contributed by atoms with E-state index in [1.165, 1.54) is 6.33 Å². The van der Waals surface area contributed by atoms with Gasteiger partial charge in [-0.25, -0.2) is 4.98 Å². The van der Waals surface area contributed by atoms with E-state index in [9.17, 15) is 10.5 Å². The second-order valence-corrected chi connectivity index (χ2v) is 5.05. The highest BCUT2D eigenvalue weighted by Gasteiger charge is 2.34. The Morgan fingerprint density at radius 1 is 1.29 bits per heavy atom. The second kappa shape index (κ2) is 6.67. The zero-order valence-corrected chi connectivity index (χ0v) is 12.0. The largest absolute Gasteiger partial charge is 0.251 e. The van der Waals surface area contributed by atoms with Crippen LogP contribution in [-0.4, -0.2) is 14.8 Å². The van der Waals surface area contributed by atoms with Gasteiger partial charge >= 0.3 is 0 Å². The van der Waals surface area contributed by atoms with Gasteiger partial charge in [-0.1, -0.05) is 38.0 Å². The number of hydrogen-bond acceptors (Lipinski definition) is 4. The highest BCUT2D eigenvalue weighted by Crippen LogP contribution is 2.33. The molecule has 0 amide bonds. The van der Waals surface area contributed by atoms with E-state index in [0.29, 0.717) is 18.5 Å². The molecule has 5 heteroatoms. The van der Waals surface area contributed by atoms with E-state index in [1.807, 2.05) is 18.2 Å². The number of unbranched alkanes of at least 4 members (excludes halogenated alkanes) is 1. The molecule has 106 valence electrons. The third kappa shape index (κ3) is 3.09. The van der Waals surface area contributed by atoms with Gasteiger partial charge in [0.15, 0.2) is 0 Å². The van der Waals surface area contributed by atoms with E-state index in [0.717, 1.165) is 18.4 Å². The maximum absolute atomic E-state index is 9.85. The molecule has 0 aliphatic rings. The molecule has 1 aromatic heterocycles. The van der Waals surface area contributed by atoms with E-state index in [1.54, 1.807) is 17.1 Å². The normalized spacial score (nSPS) is 13.1. The molecule has 0 spiro atoms. The van der Waals surface area contributed by atoms with Crippen LogP contribution in [0.4, 0.5) is 0 Å². The minimum atomic E-state index is -0.754. The Kier molecular flexibility index (Phi) is 4.68. The van der Waals surface area contributed by atoms with Gasteiger partial charge in [-0.05, 0) is 18.1 Å². The van der Waals surface area contributed by atoms with Gasteiger partial charge in [0.2, 0.25) is 0 Å². The molecule has 0 aliphatic heterocycles. The summed E-state index contributed by atoms with van der Waals surface area (Å²) in [5.74, 6) is 0. The van der Waals surface area contributed by atoms with Crippen molar-refractivity contribution in [2.24, 2.45) is 0 Å². The van der Waals surface area contributed by atoms with E-state index in [-0.39, 0.29) is 0 Å². The SMILES string of the molecule is CCCCC(C#N)(Cn1cncn1)c1ccccc1C#N. The molecule has 2 rings (SSSR count). The Balaban J connectivity index is 2.49. The van der Waals surface area contributed by atoms with Crippen LogP contribution < -0.4 is 0 Å². The molecule has 0 aliphatic carbocycles. The van der Waals surface area contributed by atoms with Gasteiger partial charge in [0.25, 0.3) is 0 Å². The van der Waals surface area contributed by atoms with Crippen molar-refractivity contribution >= 4 is 0 Å². The van der Waals surface area contributed by atoms with Gasteiger partial charge in [-0.15, -0.1) is 0 Å². The smallest absolute Gasteiger partial charge is 0.137 e. The summed E-state index contributed by atoms with van der Waals surface area (Å²) in [6, 6.07) is 12.0. The summed E-state index contributed by atoms with van der Waals surface area (Å²) >= 11 is 0. The summed E-state index contributed by atoms with van der Waals surface area (Å²) in [5.41, 5.74) is 0.574. The molecule has 0 saturated heterocycles. The van der Waals surface area contributed by atoms with Crippen molar-refractivity contribution < 1.29 is 0 Å². The van der Waals surface area contributed by atoms with Gasteiger partial charge in [0, 0.05) is 0 Å². The molecule has 1 aromatic carbocycles. The number of nitriles is 2. The fourth-order valence-corrected chi connectivity index (χ4v) is 2.52. The van der Waals surface area contributed by atoms with Crippen molar-refractivity contribution in [2.45, 2.75) is 38.1 Å². The van der Waals surface area contributed by atoms with Crippen LogP contribution in [0.15, 0.2) is 36.9 Å². The summed E-state index contributed by atoms with van der Waals surface area (Å²) < 4.78 is 1.66. The van der Waals surface area contributed by atoms with Crippen LogP contribution in [0, 0.1) is 22.7 Å². The van der Waals surface area contributed by atoms with Crippen molar-refractivity contribution in [2.75, 3.05) is 0 Å². The van der Waals surface area contributed by atoms with Crippen LogP contribution in [-0.2, 0) is 12.0 Å². The standard InChI is InChI=1S/C16H17N5/c1-2-3-8-16(10-18,11-21-13-19-12-20-21)15-7-5-4-6-14(15)9-17/h4-7,12-13H,2-3,8,11H2,1H3. The molecule has 1 unspecified atom stereocenters. The van der Waals surface area contributed by atoms with Gasteiger partial charge in [0.05, 0.1) is 24.2 Å². The van der Waals surface area contributed by atoms with Gasteiger partial charge in [0.1, 0.15) is 18.1 Å². The average Bonchev–Trinajstić information content (AvgIpc) is 3.04. The van der Waals surface area contributed by atoms with Crippen LogP contribution in [0.5, 0.6) is 0 Å². The van der Waals surface area contributed by atoms with Crippen molar-refractivity contribution in [3.05, 3.63) is 48.0 Å². The number of benzene rings is 1. The predicted octanol–water partition coefficient (Wildman–Crippen LogP) is 2.80. The Labute approximate surface area is 124 Å². The highest BCUT2D eigenvalue weighted by atomic mass is 15.3. The summed E-state index contributed by atoms with van der Waals surface area (Å²) in [5, 5.41) is 23.3. The first-order valence-corrected chi connectivity index (χ1v) is 6.99. The molecular formula is C16H17N5. The maximum atomic E-state index is 9.85. The lowest BCUT2D eigenvalue weighted by atomic mass is 9.75. The molecule has 0 radical (unpaired) electrons. The third-order valence-electron chi connectivity index (χ3n) is 3.63. The van der Waals surface area contributed by atoms with Gasteiger partial charge in [-0.3, -0.25) is 4.68 Å². The van der Waals surface area contributed by atoms with Crippen molar-refractivity contribution in [1.82, 2.24) is 14.8 Å². The summed E-state index contributed by atoms with van der Waals surface area (Å²) in [6.45, 7) is 2.50. The maximum Gasteiger partial charge on any atom is 0.137 e. The van der Waals surface area contributed by atoms with Crippen LogP contribution in [0.1, 0.15) is 37.3 Å². The minimum absolute atomic E-state index is 0.405. The summed E-state index contributed by atoms with van der Waals surface area (Å²) in [7, 11) is 0. The molecule has 1 atom stereocenters. The Morgan fingerprint density at radius 2 is 2.10 bits per heavy atom. The van der Waals surface area contributed by atoms with Crippen molar-refractivity contribution in [3.63, 3.8) is 0 Å². The minimum Gasteiger partial charge on any atom is -0.251 e. The summed E-state index contributed by atoms with van der Waals surface area (Å²) in [4.78, 5) is 3.93. The number of rotatable bonds is 6. The van der Waals surface area contributed by atoms with E-state index in [2.05, 4.69) is 29.1 Å². The molecular weight excluding hydrogens is 262 g/mol. The van der Waals surface area contributed by atoms with Crippen molar-refractivity contribution in [1.29, 1.82) is 10.5 Å². The highest BCUT2D eigenvalue weighted by molar-refractivity contribution is 5.45. The molecule has 5 nitrogen and oxygen atoms in total. The fraction of sp³-hybridized carbons (Fsp3) is 0.375. The zero-order chi connectivity index (χ0) is 15.1. The van der Waals surface area contributed by atoms with E-state index < -0.39 is 5.41 Å². The molecule has 0 fully saturated rings. The zero-order valence-electron chi connectivity index (χ0n) is 12.0. The fourth-order valence-electron chi connectivity index (χ4n) is 2.52. The third-order valence-corrected chi connectivity index (χ3v) is 3.63. The molecule has 0 bridgehead atoms. The second-order valence-electron chi connectivity index (χ2n) is 5.05. The molecule has 21 heavy (non-hydrogen) atoms. The lowest BCUT2D eigenvalue weighted by molar-refractivity contribution is 0.389.